The van der Waals surface area contributed by atoms with Crippen molar-refractivity contribution in [3.63, 3.8) is 0 Å². The Hall–Kier alpha value is -2.25. The van der Waals surface area contributed by atoms with Gasteiger partial charge in [0, 0.05) is 6.20 Å². The number of allylic oxidation sites excluding steroid dienone is 2. The van der Waals surface area contributed by atoms with E-state index in [1.54, 1.807) is 23.4 Å². The Balaban J connectivity index is 2.31. The molecule has 1 aromatic heterocycles. The van der Waals surface area contributed by atoms with Crippen molar-refractivity contribution >= 4 is 5.69 Å². The zero-order valence-corrected chi connectivity index (χ0v) is 8.68. The average Bonchev–Trinajstić information content (AvgIpc) is 2.30. The summed E-state index contributed by atoms with van der Waals surface area (Å²) in [7, 11) is 0. The van der Waals surface area contributed by atoms with E-state index in [1.807, 2.05) is 12.1 Å². The highest BCUT2D eigenvalue weighted by molar-refractivity contribution is 5.57. The van der Waals surface area contributed by atoms with Crippen molar-refractivity contribution in [1.29, 1.82) is 0 Å². The van der Waals surface area contributed by atoms with Crippen LogP contribution < -0.4 is 15.6 Å². The lowest BCUT2D eigenvalue weighted by Crippen LogP contribution is -2.37. The van der Waals surface area contributed by atoms with Gasteiger partial charge >= 0.3 is 0 Å². The topological polar surface area (TPSA) is 51.4 Å². The maximum atomic E-state index is 5.85. The first-order chi connectivity index (χ1) is 7.81. The second kappa shape index (κ2) is 4.51. The van der Waals surface area contributed by atoms with Gasteiger partial charge in [0.15, 0.2) is 0 Å². The van der Waals surface area contributed by atoms with Crippen molar-refractivity contribution in [3.05, 3.63) is 54.3 Å². The first kappa shape index (κ1) is 10.3. The first-order valence-corrected chi connectivity index (χ1v) is 4.76. The maximum Gasteiger partial charge on any atom is 0.244 e. The number of hydrogen-bond acceptors (Lipinski definition) is 4. The van der Waals surface area contributed by atoms with E-state index < -0.39 is 0 Å². The third kappa shape index (κ3) is 2.05. The number of nitrogens with zero attached hydrogens (tertiary/aromatic N) is 2. The van der Waals surface area contributed by atoms with Gasteiger partial charge in [-0.3, -0.25) is 5.01 Å². The van der Waals surface area contributed by atoms with Gasteiger partial charge in [-0.05, 0) is 30.9 Å². The molecule has 2 N–H and O–H groups in total. The van der Waals surface area contributed by atoms with Gasteiger partial charge in [0.05, 0.1) is 6.54 Å². The molecule has 0 radical (unpaired) electrons. The largest absolute Gasteiger partial charge is 0.440 e. The van der Waals surface area contributed by atoms with Crippen molar-refractivity contribution in [2.24, 2.45) is 5.84 Å². The minimum Gasteiger partial charge on any atom is -0.440 e. The third-order valence-corrected chi connectivity index (χ3v) is 2.07. The number of hydrogen-bond donors (Lipinski definition) is 1. The maximum absolute atomic E-state index is 5.85. The smallest absolute Gasteiger partial charge is 0.244 e. The molecule has 0 fully saturated rings. The van der Waals surface area contributed by atoms with Crippen LogP contribution in [0.15, 0.2) is 54.3 Å². The molecule has 0 amide bonds. The second-order valence-corrected chi connectivity index (χ2v) is 3.18. The van der Waals surface area contributed by atoms with E-state index >= 15 is 0 Å². The van der Waals surface area contributed by atoms with Crippen molar-refractivity contribution < 1.29 is 4.74 Å². The van der Waals surface area contributed by atoms with Crippen LogP contribution in [-0.2, 0) is 0 Å². The van der Waals surface area contributed by atoms with Crippen LogP contribution in [0.1, 0.15) is 0 Å². The van der Waals surface area contributed by atoms with Crippen molar-refractivity contribution in [2.75, 3.05) is 11.6 Å². The van der Waals surface area contributed by atoms with E-state index in [9.17, 15) is 0 Å². The molecule has 16 heavy (non-hydrogen) atoms. The van der Waals surface area contributed by atoms with E-state index in [2.05, 4.69) is 23.0 Å². The Bertz CT molecular complexity index is 509. The van der Waals surface area contributed by atoms with Gasteiger partial charge in [-0.15, -0.1) is 0 Å². The predicted octanol–water partition coefficient (Wildman–Crippen LogP) is 1.53. The normalized spacial score (nSPS) is 15.8. The van der Waals surface area contributed by atoms with Gasteiger partial charge < -0.3 is 4.74 Å². The molecule has 0 spiro atoms. The molecule has 80 valence electrons. The summed E-state index contributed by atoms with van der Waals surface area (Å²) in [5.41, 5.74) is 6.01. The third-order valence-electron chi connectivity index (χ3n) is 2.07. The van der Waals surface area contributed by atoms with Crippen LogP contribution >= 0.6 is 0 Å². The summed E-state index contributed by atoms with van der Waals surface area (Å²) >= 11 is 0. The fraction of sp³-hybridized carbons (Fsp3) is 0.0833. The Morgan fingerprint density at radius 3 is 3.31 bits per heavy atom. The van der Waals surface area contributed by atoms with Crippen molar-refractivity contribution in [2.45, 2.75) is 0 Å². The molecule has 0 bridgehead atoms. The van der Waals surface area contributed by atoms with E-state index in [-0.39, 0.29) is 0 Å². The molecule has 0 aromatic carbocycles. The van der Waals surface area contributed by atoms with Crippen LogP contribution in [0.5, 0.6) is 5.88 Å². The Labute approximate surface area is 93.6 Å². The van der Waals surface area contributed by atoms with Gasteiger partial charge in [-0.25, -0.2) is 10.8 Å². The molecular formula is C12H11N3O. The first-order valence-electron chi connectivity index (χ1n) is 4.76. The van der Waals surface area contributed by atoms with Gasteiger partial charge in [-0.1, -0.05) is 11.5 Å². The lowest BCUT2D eigenvalue weighted by Gasteiger charge is -2.27. The van der Waals surface area contributed by atoms with Crippen molar-refractivity contribution in [1.82, 2.24) is 4.98 Å². The van der Waals surface area contributed by atoms with Crippen LogP contribution in [-0.4, -0.2) is 11.5 Å². The Morgan fingerprint density at radius 1 is 1.62 bits per heavy atom. The number of anilines is 1. The highest BCUT2D eigenvalue weighted by Crippen LogP contribution is 2.29. The zero-order chi connectivity index (χ0) is 11.4. The van der Waals surface area contributed by atoms with Gasteiger partial charge in [0.2, 0.25) is 5.88 Å². The summed E-state index contributed by atoms with van der Waals surface area (Å²) in [5.74, 6) is 7.07. The minimum absolute atomic E-state index is 0.494. The van der Waals surface area contributed by atoms with E-state index in [1.165, 1.54) is 0 Å². The van der Waals surface area contributed by atoms with Crippen molar-refractivity contribution in [3.8, 4) is 5.88 Å². The molecule has 1 aromatic rings. The summed E-state index contributed by atoms with van der Waals surface area (Å²) in [4.78, 5) is 4.10. The number of pyridine rings is 1. The average molecular weight is 213 g/mol. The summed E-state index contributed by atoms with van der Waals surface area (Å²) in [6, 6.07) is 3.68. The van der Waals surface area contributed by atoms with E-state index in [0.717, 1.165) is 5.69 Å². The lowest BCUT2D eigenvalue weighted by molar-refractivity contribution is 0.381. The highest BCUT2D eigenvalue weighted by Gasteiger charge is 2.19. The zero-order valence-electron chi connectivity index (χ0n) is 8.68. The molecule has 4 heteroatoms. The number of aromatic nitrogens is 1. The van der Waals surface area contributed by atoms with Crippen LogP contribution in [0.3, 0.4) is 0 Å². The second-order valence-electron chi connectivity index (χ2n) is 3.18. The molecule has 0 aliphatic carbocycles. The number of nitrogens with two attached hydrogens (primary N) is 1. The highest BCUT2D eigenvalue weighted by atomic mass is 16.5. The van der Waals surface area contributed by atoms with Gasteiger partial charge in [0.1, 0.15) is 11.4 Å². The number of ether oxygens (including phenoxy) is 1. The molecule has 2 heterocycles. The lowest BCUT2D eigenvalue weighted by atomic mass is 10.3. The summed E-state index contributed by atoms with van der Waals surface area (Å²) < 4.78 is 5.56. The van der Waals surface area contributed by atoms with Gasteiger partial charge in [-0.2, -0.15) is 0 Å². The predicted molar refractivity (Wildman–Crippen MR) is 61.7 cm³/mol. The standard InChI is InChI=1S/C12H11N3O/c1-2-3-4-6-10-9-15(13)11-7-5-8-14-12(11)16-10/h4-8H,1,9,13H2/b10-6+. The molecule has 0 saturated heterocycles. The molecule has 1 aliphatic heterocycles. The monoisotopic (exact) mass is 213 g/mol. The number of hydrazine groups is 1. The quantitative estimate of drug-likeness (QED) is 0.568. The number of fused-ring (bicyclic) bond motifs is 1. The molecule has 4 nitrogen and oxygen atoms in total. The Morgan fingerprint density at radius 2 is 2.50 bits per heavy atom. The summed E-state index contributed by atoms with van der Waals surface area (Å²) in [5, 5.41) is 1.59. The number of rotatable bonds is 1. The van der Waals surface area contributed by atoms with Gasteiger partial charge in [0.25, 0.3) is 0 Å². The van der Waals surface area contributed by atoms with Crippen LogP contribution in [0, 0.1) is 0 Å². The van der Waals surface area contributed by atoms with Crippen LogP contribution in [0.25, 0.3) is 0 Å². The summed E-state index contributed by atoms with van der Waals surface area (Å²) in [6.07, 6.45) is 5.09. The fourth-order valence-electron chi connectivity index (χ4n) is 1.37. The summed E-state index contributed by atoms with van der Waals surface area (Å²) in [6.45, 7) is 3.90. The molecule has 0 atom stereocenters. The molecule has 0 unspecified atom stereocenters. The molecular weight excluding hydrogens is 202 g/mol. The van der Waals surface area contributed by atoms with E-state index in [4.69, 9.17) is 10.6 Å². The Kier molecular flexibility index (Phi) is 2.90. The SMILES string of the molecule is C=C=C=C/C=C1\CN(N)c2cccnc2O1. The van der Waals surface area contributed by atoms with Crippen LogP contribution in [0.2, 0.25) is 0 Å². The molecule has 0 saturated carbocycles. The fourth-order valence-corrected chi connectivity index (χ4v) is 1.37. The van der Waals surface area contributed by atoms with E-state index in [0.29, 0.717) is 18.2 Å². The minimum atomic E-state index is 0.494. The van der Waals surface area contributed by atoms with Crippen LogP contribution in [0.4, 0.5) is 5.69 Å². The molecule has 2 rings (SSSR count). The molecule has 1 aliphatic rings.